The van der Waals surface area contributed by atoms with Gasteiger partial charge in [0.15, 0.2) is 18.1 Å². The monoisotopic (exact) mass is 383 g/mol. The highest BCUT2D eigenvalue weighted by atomic mass is 16.5. The van der Waals surface area contributed by atoms with Crippen LogP contribution in [-0.4, -0.2) is 38.5 Å². The summed E-state index contributed by atoms with van der Waals surface area (Å²) in [6.07, 6.45) is 1.64. The van der Waals surface area contributed by atoms with Gasteiger partial charge in [-0.2, -0.15) is 10.2 Å². The highest BCUT2D eigenvalue weighted by Gasteiger charge is 2.23. The first-order chi connectivity index (χ1) is 13.4. The van der Waals surface area contributed by atoms with E-state index in [4.69, 9.17) is 9.47 Å². The van der Waals surface area contributed by atoms with E-state index in [-0.39, 0.29) is 18.1 Å². The number of ether oxygens (including phenoxy) is 2. The number of nitrogens with one attached hydrogen (secondary N) is 1. The fourth-order valence-corrected chi connectivity index (χ4v) is 2.72. The Morgan fingerprint density at radius 1 is 1.14 bits per heavy atom. The molecule has 3 rings (SSSR count). The molecule has 0 atom stereocenters. The molecule has 28 heavy (non-hydrogen) atoms. The summed E-state index contributed by atoms with van der Waals surface area (Å²) in [4.78, 5) is 24.5. The Morgan fingerprint density at radius 3 is 2.61 bits per heavy atom. The molecule has 0 aliphatic carbocycles. The van der Waals surface area contributed by atoms with Gasteiger partial charge in [-0.05, 0) is 31.5 Å². The number of aryl methyl sites for hydroxylation is 3. The number of rotatable bonds is 6. The highest BCUT2D eigenvalue weighted by molar-refractivity contribution is 6.07. The topological polar surface area (TPSA) is 100 Å². The van der Waals surface area contributed by atoms with Gasteiger partial charge < -0.3 is 14.8 Å². The predicted molar refractivity (Wildman–Crippen MR) is 101 cm³/mol. The van der Waals surface area contributed by atoms with Gasteiger partial charge in [-0.15, -0.1) is 0 Å². The second-order valence-electron chi connectivity index (χ2n) is 6.16. The van der Waals surface area contributed by atoms with Crippen molar-refractivity contribution in [3.8, 4) is 5.75 Å². The molecule has 0 unspecified atom stereocenters. The van der Waals surface area contributed by atoms with Crippen LogP contribution in [0, 0.1) is 13.8 Å². The smallest absolute Gasteiger partial charge is 0.358 e. The van der Waals surface area contributed by atoms with Gasteiger partial charge in [-0.3, -0.25) is 9.48 Å². The van der Waals surface area contributed by atoms with Crippen molar-refractivity contribution in [2.24, 2.45) is 7.05 Å². The van der Waals surface area contributed by atoms with Crippen LogP contribution in [0.4, 0.5) is 5.69 Å². The summed E-state index contributed by atoms with van der Waals surface area (Å²) in [5.41, 5.74) is 2.15. The Balaban J connectivity index is 1.71. The first kappa shape index (κ1) is 19.2. The number of amides is 1. The zero-order valence-electron chi connectivity index (χ0n) is 16.1. The molecular weight excluding hydrogens is 362 g/mol. The highest BCUT2D eigenvalue weighted by Crippen LogP contribution is 2.21. The average Bonchev–Trinajstić information content (AvgIpc) is 3.25. The van der Waals surface area contributed by atoms with Gasteiger partial charge in [0.05, 0.1) is 18.5 Å². The molecule has 0 aliphatic heterocycles. The van der Waals surface area contributed by atoms with Gasteiger partial charge in [0.25, 0.3) is 5.91 Å². The van der Waals surface area contributed by atoms with Crippen LogP contribution in [-0.2, 0) is 18.5 Å². The Kier molecular flexibility index (Phi) is 5.44. The van der Waals surface area contributed by atoms with Crippen LogP contribution in [0.15, 0.2) is 36.5 Å². The summed E-state index contributed by atoms with van der Waals surface area (Å²) >= 11 is 0. The van der Waals surface area contributed by atoms with E-state index in [2.05, 4.69) is 15.5 Å². The van der Waals surface area contributed by atoms with Crippen molar-refractivity contribution in [3.63, 3.8) is 0 Å². The summed E-state index contributed by atoms with van der Waals surface area (Å²) in [5.74, 6) is -0.302. The Morgan fingerprint density at radius 2 is 1.89 bits per heavy atom. The van der Waals surface area contributed by atoms with Crippen molar-refractivity contribution in [2.45, 2.75) is 20.6 Å². The van der Waals surface area contributed by atoms with E-state index in [0.29, 0.717) is 11.4 Å². The first-order valence-corrected chi connectivity index (χ1v) is 8.56. The summed E-state index contributed by atoms with van der Waals surface area (Å²) in [6, 6.07) is 9.21. The van der Waals surface area contributed by atoms with E-state index in [0.717, 1.165) is 11.3 Å². The number of esters is 1. The normalized spacial score (nSPS) is 10.6. The van der Waals surface area contributed by atoms with E-state index in [1.807, 2.05) is 31.2 Å². The van der Waals surface area contributed by atoms with Gasteiger partial charge in [0.2, 0.25) is 0 Å². The summed E-state index contributed by atoms with van der Waals surface area (Å²) < 4.78 is 13.4. The molecule has 0 saturated heterocycles. The van der Waals surface area contributed by atoms with Gasteiger partial charge in [-0.1, -0.05) is 18.2 Å². The largest absolute Gasteiger partial charge is 0.471 e. The lowest BCUT2D eigenvalue weighted by Gasteiger charge is -2.08. The molecule has 0 bridgehead atoms. The number of anilines is 1. The second-order valence-corrected chi connectivity index (χ2v) is 6.16. The van der Waals surface area contributed by atoms with Crippen LogP contribution in [0.1, 0.15) is 32.2 Å². The Bertz CT molecular complexity index is 1020. The number of aromatic nitrogens is 4. The summed E-state index contributed by atoms with van der Waals surface area (Å²) in [5, 5.41) is 11.1. The fourth-order valence-electron chi connectivity index (χ4n) is 2.72. The number of hydrogen-bond donors (Lipinski definition) is 1. The van der Waals surface area contributed by atoms with Gasteiger partial charge in [0.1, 0.15) is 5.75 Å². The minimum atomic E-state index is -0.587. The van der Waals surface area contributed by atoms with Gasteiger partial charge >= 0.3 is 5.97 Å². The number of benzene rings is 1. The van der Waals surface area contributed by atoms with E-state index in [1.54, 1.807) is 26.2 Å². The van der Waals surface area contributed by atoms with Crippen LogP contribution in [0.25, 0.3) is 0 Å². The third kappa shape index (κ3) is 3.88. The van der Waals surface area contributed by atoms with Crippen molar-refractivity contribution < 1.29 is 19.1 Å². The maximum absolute atomic E-state index is 12.6. The molecule has 1 amide bonds. The SMILES string of the molecule is COC(=O)c1c(NC(=O)c2ccn(COc3ccccc3C)n2)c(C)nn1C. The average molecular weight is 383 g/mol. The minimum Gasteiger partial charge on any atom is -0.471 e. The zero-order chi connectivity index (χ0) is 20.3. The van der Waals surface area contributed by atoms with Crippen molar-refractivity contribution in [2.75, 3.05) is 12.4 Å². The molecule has 3 aromatic rings. The molecule has 146 valence electrons. The van der Waals surface area contributed by atoms with Crippen LogP contribution in [0.5, 0.6) is 5.75 Å². The number of carbonyl (C=O) groups excluding carboxylic acids is 2. The summed E-state index contributed by atoms with van der Waals surface area (Å²) in [7, 11) is 2.87. The second kappa shape index (κ2) is 7.95. The third-order valence-corrected chi connectivity index (χ3v) is 4.16. The predicted octanol–water partition coefficient (Wildman–Crippen LogP) is 2.31. The van der Waals surface area contributed by atoms with E-state index >= 15 is 0 Å². The molecule has 1 N–H and O–H groups in total. The lowest BCUT2D eigenvalue weighted by Crippen LogP contribution is -2.18. The zero-order valence-corrected chi connectivity index (χ0v) is 16.1. The third-order valence-electron chi connectivity index (χ3n) is 4.16. The van der Waals surface area contributed by atoms with Crippen LogP contribution >= 0.6 is 0 Å². The lowest BCUT2D eigenvalue weighted by atomic mass is 10.2. The molecule has 9 heteroatoms. The van der Waals surface area contributed by atoms with Crippen LogP contribution in [0.3, 0.4) is 0 Å². The molecule has 0 saturated carbocycles. The molecule has 0 spiro atoms. The number of para-hydroxylation sites is 1. The number of hydrogen-bond acceptors (Lipinski definition) is 6. The molecule has 0 fully saturated rings. The van der Waals surface area contributed by atoms with Crippen molar-refractivity contribution in [1.82, 2.24) is 19.6 Å². The first-order valence-electron chi connectivity index (χ1n) is 8.56. The Hall–Kier alpha value is -3.62. The van der Waals surface area contributed by atoms with Crippen molar-refractivity contribution in [1.29, 1.82) is 0 Å². The molecule has 2 aromatic heterocycles. The lowest BCUT2D eigenvalue weighted by molar-refractivity contribution is 0.0589. The standard InChI is InChI=1S/C19H21N5O4/c1-12-7-5-6-8-15(12)28-11-24-10-9-14(22-24)18(25)20-16-13(2)21-23(3)17(16)19(26)27-4/h5-10H,11H2,1-4H3,(H,20,25). The molecule has 0 aliphatic rings. The summed E-state index contributed by atoms with van der Waals surface area (Å²) in [6.45, 7) is 3.81. The van der Waals surface area contributed by atoms with Crippen molar-refractivity contribution >= 4 is 17.6 Å². The van der Waals surface area contributed by atoms with Crippen molar-refractivity contribution in [3.05, 3.63) is 59.2 Å². The van der Waals surface area contributed by atoms with Gasteiger partial charge in [0, 0.05) is 13.2 Å². The molecular formula is C19H21N5O4. The minimum absolute atomic E-state index is 0.163. The molecule has 0 radical (unpaired) electrons. The van der Waals surface area contributed by atoms with E-state index in [1.165, 1.54) is 16.5 Å². The molecule has 9 nitrogen and oxygen atoms in total. The number of carbonyl (C=O) groups is 2. The van der Waals surface area contributed by atoms with E-state index < -0.39 is 11.9 Å². The quantitative estimate of drug-likeness (QED) is 0.656. The number of nitrogens with zero attached hydrogens (tertiary/aromatic N) is 4. The maximum Gasteiger partial charge on any atom is 0.358 e. The fraction of sp³-hybridized carbons (Fsp3) is 0.263. The molecule has 1 aromatic carbocycles. The Labute approximate surface area is 161 Å². The van der Waals surface area contributed by atoms with Gasteiger partial charge in [-0.25, -0.2) is 9.48 Å². The van der Waals surface area contributed by atoms with Crippen LogP contribution in [0.2, 0.25) is 0 Å². The molecule has 2 heterocycles. The van der Waals surface area contributed by atoms with E-state index in [9.17, 15) is 9.59 Å². The number of methoxy groups -OCH3 is 1. The van der Waals surface area contributed by atoms with Crippen LogP contribution < -0.4 is 10.1 Å². The maximum atomic E-state index is 12.6.